The van der Waals surface area contributed by atoms with Gasteiger partial charge in [-0.3, -0.25) is 14.4 Å². The normalized spacial score (nSPS) is 26.7. The largest absolute Gasteiger partial charge is 0.496 e. The molecule has 3 aromatic rings. The van der Waals surface area contributed by atoms with E-state index in [-0.39, 0.29) is 43.0 Å². The summed E-state index contributed by atoms with van der Waals surface area (Å²) in [6, 6.07) is 21.6. The molecule has 5 fully saturated rings. The minimum absolute atomic E-state index is 0.0989. The highest BCUT2D eigenvalue weighted by Gasteiger charge is 2.57. The Morgan fingerprint density at radius 3 is 2.46 bits per heavy atom. The van der Waals surface area contributed by atoms with E-state index in [0.717, 1.165) is 41.9 Å². The molecule has 11 heteroatoms. The van der Waals surface area contributed by atoms with Crippen LogP contribution in [0.3, 0.4) is 0 Å². The second-order valence-electron chi connectivity index (χ2n) is 17.8. The maximum absolute atomic E-state index is 14.2. The first kappa shape index (κ1) is 41.2. The Bertz CT molecular complexity index is 1860. The molecule has 2 amide bonds. The molecule has 2 aliphatic heterocycles. The number of hydrogen-bond acceptors (Lipinski definition) is 9. The first-order chi connectivity index (χ1) is 27.3. The number of para-hydroxylation sites is 1. The zero-order valence-electron chi connectivity index (χ0n) is 34.9. The molecular formula is C46H63N5O6. The Balaban J connectivity index is 1.16. The van der Waals surface area contributed by atoms with E-state index in [2.05, 4.69) is 59.4 Å². The minimum atomic E-state index is -0.729. The van der Waals surface area contributed by atoms with E-state index < -0.39 is 12.1 Å². The number of anilines is 1. The number of methoxy groups -OCH3 is 1. The predicted octanol–water partition coefficient (Wildman–Crippen LogP) is 5.40. The van der Waals surface area contributed by atoms with Crippen molar-refractivity contribution in [3.05, 3.63) is 83.4 Å². The number of morpholine rings is 1. The van der Waals surface area contributed by atoms with E-state index in [1.54, 1.807) is 19.1 Å². The number of nitrogens with zero attached hydrogens (tertiary/aromatic N) is 3. The van der Waals surface area contributed by atoms with Crippen LogP contribution in [0.1, 0.15) is 62.0 Å². The second-order valence-corrected chi connectivity index (χ2v) is 17.8. The van der Waals surface area contributed by atoms with Gasteiger partial charge in [0, 0.05) is 60.0 Å². The average Bonchev–Trinajstić information content (AvgIpc) is 3.62. The van der Waals surface area contributed by atoms with Gasteiger partial charge in [-0.1, -0.05) is 69.3 Å². The third-order valence-electron chi connectivity index (χ3n) is 13.5. The van der Waals surface area contributed by atoms with E-state index >= 15 is 0 Å². The van der Waals surface area contributed by atoms with Gasteiger partial charge in [-0.15, -0.1) is 0 Å². The minimum Gasteiger partial charge on any atom is -0.496 e. The average molecular weight is 782 g/mol. The Morgan fingerprint density at radius 2 is 1.79 bits per heavy atom. The summed E-state index contributed by atoms with van der Waals surface area (Å²) in [5, 5.41) is 19.3. The summed E-state index contributed by atoms with van der Waals surface area (Å²) in [7, 11) is 5.70. The number of rotatable bonds is 14. The van der Waals surface area contributed by atoms with Gasteiger partial charge < -0.3 is 35.0 Å². The highest BCUT2D eigenvalue weighted by molar-refractivity contribution is 5.97. The molecule has 2 bridgehead atoms. The van der Waals surface area contributed by atoms with E-state index in [4.69, 9.17) is 14.3 Å². The van der Waals surface area contributed by atoms with E-state index in [1.807, 2.05) is 62.6 Å². The van der Waals surface area contributed by atoms with Crippen LogP contribution in [0.25, 0.3) is 11.1 Å². The first-order valence-corrected chi connectivity index (χ1v) is 20.9. The van der Waals surface area contributed by atoms with Gasteiger partial charge in [0.1, 0.15) is 11.8 Å². The molecule has 3 aliphatic carbocycles. The van der Waals surface area contributed by atoms with Crippen LogP contribution in [-0.4, -0.2) is 112 Å². The molecular weight excluding hydrogens is 719 g/mol. The van der Waals surface area contributed by atoms with Gasteiger partial charge in [-0.2, -0.15) is 5.06 Å². The van der Waals surface area contributed by atoms with Crippen LogP contribution < -0.4 is 20.3 Å². The molecule has 3 saturated carbocycles. The predicted molar refractivity (Wildman–Crippen MR) is 223 cm³/mol. The maximum atomic E-state index is 14.2. The highest BCUT2D eigenvalue weighted by Crippen LogP contribution is 2.61. The first-order valence-electron chi connectivity index (χ1n) is 20.9. The Morgan fingerprint density at radius 1 is 1.04 bits per heavy atom. The van der Waals surface area contributed by atoms with Gasteiger partial charge in [0.05, 0.1) is 39.6 Å². The van der Waals surface area contributed by atoms with Crippen molar-refractivity contribution < 1.29 is 29.0 Å². The maximum Gasteiger partial charge on any atom is 0.251 e. The Kier molecular flexibility index (Phi) is 12.6. The van der Waals surface area contributed by atoms with Crippen LogP contribution in [0.5, 0.6) is 5.75 Å². The second kappa shape index (κ2) is 17.5. The molecule has 308 valence electrons. The summed E-state index contributed by atoms with van der Waals surface area (Å²) in [5.41, 5.74) is 5.51. The number of likely N-dealkylation sites (N-methyl/N-ethyl adjacent to an activating group) is 1. The number of fused-ring (bicyclic) bond motifs is 2. The van der Waals surface area contributed by atoms with Crippen molar-refractivity contribution in [3.63, 3.8) is 0 Å². The van der Waals surface area contributed by atoms with Crippen molar-refractivity contribution >= 4 is 17.5 Å². The van der Waals surface area contributed by atoms with E-state index in [1.165, 1.54) is 12.0 Å². The molecule has 0 spiro atoms. The molecule has 5 aliphatic rings. The van der Waals surface area contributed by atoms with Crippen LogP contribution in [0.15, 0.2) is 66.7 Å². The standard InChI is InChI=1S/C46H63N5O6/c1-29-40-24-35(46(40,3)4)25-41(29)48-45(54)42-39(30(2)52)28-57-51(42)26-32-14-11-15-38(43(32)55-7)33-21-34(23-37(22-33)50-16-18-56-19-17-50)44(53)47-36(27-49(5)6)20-31-12-9-8-10-13-31/h8-15,21-23,29-30,35-36,39-42,52H,16-20,24-28H2,1-7H3,(H,47,53)(H,48,54)/t29-,30-,35+,36-,39-,40-,41-,42-/m0/s1. The molecule has 0 radical (unpaired) electrons. The van der Waals surface area contributed by atoms with Gasteiger partial charge in [0.2, 0.25) is 5.91 Å². The van der Waals surface area contributed by atoms with Crippen LogP contribution in [-0.2, 0) is 27.3 Å². The molecule has 2 heterocycles. The number of hydroxylamine groups is 2. The lowest BCUT2D eigenvalue weighted by molar-refractivity contribution is -0.161. The number of benzene rings is 3. The lowest BCUT2D eigenvalue weighted by Crippen LogP contribution is -2.62. The fourth-order valence-electron chi connectivity index (χ4n) is 10.1. The third-order valence-corrected chi connectivity index (χ3v) is 13.5. The number of aliphatic hydroxyl groups excluding tert-OH is 1. The van der Waals surface area contributed by atoms with Crippen molar-refractivity contribution in [1.29, 1.82) is 0 Å². The molecule has 2 saturated heterocycles. The third kappa shape index (κ3) is 8.88. The van der Waals surface area contributed by atoms with Crippen LogP contribution in [0, 0.1) is 29.1 Å². The number of hydrogen-bond donors (Lipinski definition) is 3. The highest BCUT2D eigenvalue weighted by atomic mass is 16.7. The smallest absolute Gasteiger partial charge is 0.251 e. The molecule has 0 unspecified atom stereocenters. The van der Waals surface area contributed by atoms with Gasteiger partial charge in [0.25, 0.3) is 5.91 Å². The Labute approximate surface area is 339 Å². The molecule has 0 aromatic heterocycles. The quantitative estimate of drug-likeness (QED) is 0.198. The number of ether oxygens (including phenoxy) is 2. The van der Waals surface area contributed by atoms with Gasteiger partial charge in [-0.25, -0.2) is 0 Å². The van der Waals surface area contributed by atoms with Crippen molar-refractivity contribution in [2.45, 2.75) is 77.7 Å². The number of carbonyl (C=O) groups excluding carboxylic acids is 2. The summed E-state index contributed by atoms with van der Waals surface area (Å²) in [4.78, 5) is 39.0. The molecule has 57 heavy (non-hydrogen) atoms. The fraction of sp³-hybridized carbons (Fsp3) is 0.565. The molecule has 8 rings (SSSR count). The number of amides is 2. The van der Waals surface area contributed by atoms with Crippen molar-refractivity contribution in [2.75, 3.05) is 65.6 Å². The Hall–Kier alpha value is -4.00. The summed E-state index contributed by atoms with van der Waals surface area (Å²) in [6.07, 6.45) is 2.20. The molecule has 8 atom stereocenters. The summed E-state index contributed by atoms with van der Waals surface area (Å²) < 4.78 is 11.9. The van der Waals surface area contributed by atoms with Crippen molar-refractivity contribution in [3.8, 4) is 16.9 Å². The zero-order chi connectivity index (χ0) is 40.4. The number of nitrogens with one attached hydrogen (secondary N) is 2. The summed E-state index contributed by atoms with van der Waals surface area (Å²) in [5.74, 6) is 1.62. The zero-order valence-corrected chi connectivity index (χ0v) is 34.9. The molecule has 11 nitrogen and oxygen atoms in total. The molecule has 3 N–H and O–H groups in total. The van der Waals surface area contributed by atoms with Crippen LogP contribution >= 0.6 is 0 Å². The van der Waals surface area contributed by atoms with E-state index in [9.17, 15) is 14.7 Å². The van der Waals surface area contributed by atoms with Gasteiger partial charge in [0.15, 0.2) is 0 Å². The lowest BCUT2D eigenvalue weighted by atomic mass is 9.45. The topological polar surface area (TPSA) is 116 Å². The fourth-order valence-corrected chi connectivity index (χ4v) is 10.1. The SMILES string of the molecule is COc1c(CN2OC[C@@H]([C@H](C)O)[C@H]2C(=O)N[C@H]2C[C@H]3C[C@@H]([C@@H]2C)C3(C)C)cccc1-c1cc(C(=O)N[C@@H](Cc2ccccc2)CN(C)C)cc(N2CCOCC2)c1. The molecule has 3 aromatic carbocycles. The van der Waals surface area contributed by atoms with Gasteiger partial charge in [-0.05, 0) is 92.8 Å². The van der Waals surface area contributed by atoms with Crippen LogP contribution in [0.2, 0.25) is 0 Å². The van der Waals surface area contributed by atoms with Gasteiger partial charge >= 0.3 is 0 Å². The summed E-state index contributed by atoms with van der Waals surface area (Å²) >= 11 is 0. The lowest BCUT2D eigenvalue weighted by Gasteiger charge is -2.62. The van der Waals surface area contributed by atoms with Crippen LogP contribution in [0.4, 0.5) is 5.69 Å². The monoisotopic (exact) mass is 781 g/mol. The summed E-state index contributed by atoms with van der Waals surface area (Å²) in [6.45, 7) is 12.6. The van der Waals surface area contributed by atoms with Crippen molar-refractivity contribution in [1.82, 2.24) is 20.6 Å². The van der Waals surface area contributed by atoms with E-state index in [0.29, 0.717) is 60.7 Å². The number of aliphatic hydroxyl groups is 1. The number of carbonyl (C=O) groups is 2. The van der Waals surface area contributed by atoms with Crippen molar-refractivity contribution in [2.24, 2.45) is 29.1 Å².